The first-order valence-electron chi connectivity index (χ1n) is 6.45. The van der Waals surface area contributed by atoms with Gasteiger partial charge in [-0.1, -0.05) is 19.4 Å². The summed E-state index contributed by atoms with van der Waals surface area (Å²) in [5.41, 5.74) is 0.975. The highest BCUT2D eigenvalue weighted by atomic mass is 16.6. The summed E-state index contributed by atoms with van der Waals surface area (Å²) in [4.78, 5) is 12.0. The van der Waals surface area contributed by atoms with Crippen LogP contribution in [-0.4, -0.2) is 17.6 Å². The number of ether oxygens (including phenoxy) is 1. The molecule has 17 heavy (non-hydrogen) atoms. The van der Waals surface area contributed by atoms with Crippen LogP contribution in [0.3, 0.4) is 0 Å². The van der Waals surface area contributed by atoms with E-state index >= 15 is 0 Å². The van der Waals surface area contributed by atoms with Crippen molar-refractivity contribution in [3.63, 3.8) is 0 Å². The highest BCUT2D eigenvalue weighted by molar-refractivity contribution is 5.76. The quantitative estimate of drug-likeness (QED) is 0.749. The van der Waals surface area contributed by atoms with Crippen molar-refractivity contribution >= 4 is 5.97 Å². The summed E-state index contributed by atoms with van der Waals surface area (Å²) < 4.78 is 5.42. The minimum atomic E-state index is -0.416. The van der Waals surface area contributed by atoms with Crippen molar-refractivity contribution in [3.8, 4) is 0 Å². The van der Waals surface area contributed by atoms with E-state index in [1.165, 1.54) is 5.57 Å². The van der Waals surface area contributed by atoms with E-state index in [4.69, 9.17) is 4.74 Å². The molecule has 1 rings (SSSR count). The molecule has 0 saturated heterocycles. The number of rotatable bonds is 5. The molecule has 1 aliphatic rings. The molecule has 0 bridgehead atoms. The molecule has 0 heterocycles. The topological polar surface area (TPSA) is 38.3 Å². The summed E-state index contributed by atoms with van der Waals surface area (Å²) in [5.74, 6) is 0.321. The summed E-state index contributed by atoms with van der Waals surface area (Å²) in [7, 11) is 0. The Morgan fingerprint density at radius 3 is 2.41 bits per heavy atom. The Labute approximate surface area is 105 Å². The van der Waals surface area contributed by atoms with Crippen molar-refractivity contribution in [2.24, 2.45) is 5.92 Å². The van der Waals surface area contributed by atoms with Crippen molar-refractivity contribution in [1.29, 1.82) is 0 Å². The molecular weight excluding hydrogens is 214 g/mol. The normalized spacial score (nSPS) is 16.7. The zero-order chi connectivity index (χ0) is 13.1. The predicted octanol–water partition coefficient (Wildman–Crippen LogP) is 3.01. The van der Waals surface area contributed by atoms with Crippen LogP contribution in [0.1, 0.15) is 53.9 Å². The van der Waals surface area contributed by atoms with Crippen molar-refractivity contribution in [2.75, 3.05) is 0 Å². The van der Waals surface area contributed by atoms with Crippen LogP contribution >= 0.6 is 0 Å². The molecule has 1 saturated carbocycles. The zero-order valence-corrected chi connectivity index (χ0v) is 11.7. The van der Waals surface area contributed by atoms with Gasteiger partial charge in [-0.2, -0.15) is 0 Å². The van der Waals surface area contributed by atoms with Crippen molar-refractivity contribution in [1.82, 2.24) is 5.32 Å². The molecule has 0 aliphatic heterocycles. The fourth-order valence-electron chi connectivity index (χ4n) is 1.51. The van der Waals surface area contributed by atoms with E-state index in [-0.39, 0.29) is 12.0 Å². The number of hydrogen-bond donors (Lipinski definition) is 1. The molecule has 1 N–H and O–H groups in total. The van der Waals surface area contributed by atoms with Crippen molar-refractivity contribution in [2.45, 2.75) is 65.5 Å². The Morgan fingerprint density at radius 1 is 1.41 bits per heavy atom. The van der Waals surface area contributed by atoms with Gasteiger partial charge in [0.05, 0.1) is 0 Å². The molecule has 98 valence electrons. The maximum Gasteiger partial charge on any atom is 0.329 e. The van der Waals surface area contributed by atoms with Crippen LogP contribution in [0.25, 0.3) is 0 Å². The average molecular weight is 239 g/mol. The largest absolute Gasteiger partial charge is 0.458 e. The Kier molecular flexibility index (Phi) is 4.61. The Balaban J connectivity index is 2.54. The standard InChI is InChI=1S/C14H25NO2/c1-10(2)8-12(15-9-11-6-7-11)13(16)17-14(3,4)5/h9-10,12,15H,6-8H2,1-5H3. The van der Waals surface area contributed by atoms with Gasteiger partial charge in [-0.3, -0.25) is 0 Å². The number of carbonyl (C=O) groups is 1. The van der Waals surface area contributed by atoms with Gasteiger partial charge in [0.1, 0.15) is 11.6 Å². The summed E-state index contributed by atoms with van der Waals surface area (Å²) in [6.45, 7) is 9.93. The van der Waals surface area contributed by atoms with Crippen LogP contribution in [-0.2, 0) is 9.53 Å². The molecule has 0 aromatic heterocycles. The lowest BCUT2D eigenvalue weighted by molar-refractivity contribution is -0.157. The summed E-state index contributed by atoms with van der Waals surface area (Å²) in [5, 5.41) is 3.20. The summed E-state index contributed by atoms with van der Waals surface area (Å²) in [6, 6.07) is -0.220. The third kappa shape index (κ3) is 6.35. The van der Waals surface area contributed by atoms with E-state index in [2.05, 4.69) is 19.2 Å². The minimum Gasteiger partial charge on any atom is -0.458 e. The first-order valence-corrected chi connectivity index (χ1v) is 6.45. The van der Waals surface area contributed by atoms with Gasteiger partial charge in [-0.25, -0.2) is 4.79 Å². The van der Waals surface area contributed by atoms with Crippen LogP contribution in [0.2, 0.25) is 0 Å². The lowest BCUT2D eigenvalue weighted by atomic mass is 10.0. The molecule has 0 aromatic carbocycles. The number of allylic oxidation sites excluding steroid dienone is 1. The minimum absolute atomic E-state index is 0.149. The number of carbonyl (C=O) groups excluding carboxylic acids is 1. The molecule has 0 aromatic rings. The molecule has 1 aliphatic carbocycles. The Hall–Kier alpha value is -0.990. The third-order valence-corrected chi connectivity index (χ3v) is 2.43. The first-order chi connectivity index (χ1) is 7.78. The van der Waals surface area contributed by atoms with Crippen LogP contribution < -0.4 is 5.32 Å². The highest BCUT2D eigenvalue weighted by Crippen LogP contribution is 2.26. The molecule has 0 radical (unpaired) electrons. The fourth-order valence-corrected chi connectivity index (χ4v) is 1.51. The SMILES string of the molecule is CC(C)CC(NC=C1CC1)C(=O)OC(C)(C)C. The van der Waals surface area contributed by atoms with E-state index in [0.29, 0.717) is 5.92 Å². The third-order valence-electron chi connectivity index (χ3n) is 2.43. The fraction of sp³-hybridized carbons (Fsp3) is 0.786. The molecular formula is C14H25NO2. The molecule has 1 atom stereocenters. The summed E-state index contributed by atoms with van der Waals surface area (Å²) >= 11 is 0. The van der Waals surface area contributed by atoms with E-state index in [1.54, 1.807) is 0 Å². The van der Waals surface area contributed by atoms with Crippen molar-refractivity contribution < 1.29 is 9.53 Å². The Morgan fingerprint density at radius 2 is 2.00 bits per heavy atom. The lowest BCUT2D eigenvalue weighted by Crippen LogP contribution is -2.40. The number of hydrogen-bond acceptors (Lipinski definition) is 3. The van der Waals surface area contributed by atoms with Gasteiger partial charge in [-0.05, 0) is 52.2 Å². The summed E-state index contributed by atoms with van der Waals surface area (Å²) in [6.07, 6.45) is 5.11. The van der Waals surface area contributed by atoms with Gasteiger partial charge in [0, 0.05) is 0 Å². The van der Waals surface area contributed by atoms with Crippen LogP contribution in [0.4, 0.5) is 0 Å². The van der Waals surface area contributed by atoms with Gasteiger partial charge in [0.15, 0.2) is 0 Å². The average Bonchev–Trinajstić information content (AvgIpc) is 2.91. The van der Waals surface area contributed by atoms with E-state index < -0.39 is 5.60 Å². The van der Waals surface area contributed by atoms with Crippen LogP contribution in [0.5, 0.6) is 0 Å². The lowest BCUT2D eigenvalue weighted by Gasteiger charge is -2.25. The number of nitrogens with one attached hydrogen (secondary N) is 1. The maximum atomic E-state index is 12.0. The van der Waals surface area contributed by atoms with Crippen molar-refractivity contribution in [3.05, 3.63) is 11.8 Å². The van der Waals surface area contributed by atoms with Crippen LogP contribution in [0.15, 0.2) is 11.8 Å². The van der Waals surface area contributed by atoms with E-state index in [0.717, 1.165) is 19.3 Å². The monoisotopic (exact) mass is 239 g/mol. The second-order valence-corrected chi connectivity index (χ2v) is 6.18. The van der Waals surface area contributed by atoms with Gasteiger partial charge in [0.25, 0.3) is 0 Å². The van der Waals surface area contributed by atoms with Gasteiger partial charge < -0.3 is 10.1 Å². The van der Waals surface area contributed by atoms with Crippen LogP contribution in [0, 0.1) is 5.92 Å². The number of esters is 1. The molecule has 3 heteroatoms. The zero-order valence-electron chi connectivity index (χ0n) is 11.7. The second-order valence-electron chi connectivity index (χ2n) is 6.18. The maximum absolute atomic E-state index is 12.0. The molecule has 1 fully saturated rings. The second kappa shape index (κ2) is 5.56. The predicted molar refractivity (Wildman–Crippen MR) is 69.5 cm³/mol. The molecule has 1 unspecified atom stereocenters. The van der Waals surface area contributed by atoms with E-state index in [9.17, 15) is 4.79 Å². The highest BCUT2D eigenvalue weighted by Gasteiger charge is 2.25. The first kappa shape index (κ1) is 14.1. The smallest absolute Gasteiger partial charge is 0.329 e. The van der Waals surface area contributed by atoms with E-state index in [1.807, 2.05) is 27.0 Å². The van der Waals surface area contributed by atoms with Gasteiger partial charge in [0.2, 0.25) is 0 Å². The van der Waals surface area contributed by atoms with Gasteiger partial charge in [-0.15, -0.1) is 0 Å². The molecule has 3 nitrogen and oxygen atoms in total. The van der Waals surface area contributed by atoms with Gasteiger partial charge >= 0.3 is 5.97 Å². The molecule has 0 amide bonds. The Bertz CT molecular complexity index is 294. The molecule has 0 spiro atoms.